The van der Waals surface area contributed by atoms with Gasteiger partial charge in [-0.25, -0.2) is 0 Å². The highest BCUT2D eigenvalue weighted by atomic mass is 35.6. The number of carbonyl (C=O) groups is 1. The maximum atomic E-state index is 12.1. The van der Waals surface area contributed by atoms with Gasteiger partial charge >= 0.3 is 0 Å². The van der Waals surface area contributed by atoms with Gasteiger partial charge in [0.25, 0.3) is 0 Å². The first-order valence-corrected chi connectivity index (χ1v) is 8.39. The number of alkyl halides is 3. The highest BCUT2D eigenvalue weighted by Gasteiger charge is 2.36. The molecule has 0 aliphatic carbocycles. The molecule has 1 amide bonds. The van der Waals surface area contributed by atoms with Crippen LogP contribution in [0.1, 0.15) is 5.56 Å². The first-order chi connectivity index (χ1) is 11.4. The van der Waals surface area contributed by atoms with Crippen LogP contribution in [0.15, 0.2) is 60.7 Å². The molecule has 2 aromatic rings. The summed E-state index contributed by atoms with van der Waals surface area (Å²) in [6.45, 7) is 0. The molecule has 126 valence electrons. The van der Waals surface area contributed by atoms with Gasteiger partial charge in [0.15, 0.2) is 0 Å². The van der Waals surface area contributed by atoms with Crippen LogP contribution < -0.4 is 10.1 Å². The van der Waals surface area contributed by atoms with Crippen molar-refractivity contribution in [2.24, 2.45) is 0 Å². The van der Waals surface area contributed by atoms with Gasteiger partial charge in [-0.1, -0.05) is 88.9 Å². The fourth-order valence-corrected chi connectivity index (χ4v) is 2.24. The van der Waals surface area contributed by atoms with Gasteiger partial charge in [0.2, 0.25) is 15.9 Å². The summed E-state index contributed by atoms with van der Waals surface area (Å²) >= 11 is 23.7. The van der Waals surface area contributed by atoms with E-state index in [1.54, 1.807) is 30.3 Å². The van der Waals surface area contributed by atoms with Gasteiger partial charge in [-0.15, -0.1) is 0 Å². The van der Waals surface area contributed by atoms with Crippen molar-refractivity contribution in [3.63, 3.8) is 0 Å². The number of nitrogens with one attached hydrogen (secondary N) is 1. The minimum Gasteiger partial charge on any atom is -0.464 e. The van der Waals surface area contributed by atoms with E-state index >= 15 is 0 Å². The summed E-state index contributed by atoms with van der Waals surface area (Å²) in [6, 6.07) is 16.0. The van der Waals surface area contributed by atoms with Crippen LogP contribution in [0, 0.1) is 0 Å². The second-order valence-corrected chi connectivity index (χ2v) is 7.50. The summed E-state index contributed by atoms with van der Waals surface area (Å²) in [5, 5.41) is 2.84. The van der Waals surface area contributed by atoms with Crippen LogP contribution >= 0.6 is 46.4 Å². The molecule has 0 spiro atoms. The number of rotatable bonds is 5. The topological polar surface area (TPSA) is 38.3 Å². The Bertz CT molecular complexity index is 714. The number of carbonyl (C=O) groups excluding carboxylic acids is 1. The number of para-hydroxylation sites is 1. The van der Waals surface area contributed by atoms with E-state index in [4.69, 9.17) is 51.1 Å². The zero-order valence-corrected chi connectivity index (χ0v) is 15.3. The zero-order chi connectivity index (χ0) is 17.6. The standard InChI is InChI=1S/C17H13Cl4NO2/c18-13-8-4-5-9-14(13)24-16(17(19,20)21)22-15(23)11-10-12-6-2-1-3-7-12/h1-11,16H,(H,22,23). The minimum atomic E-state index is -1.88. The van der Waals surface area contributed by atoms with Gasteiger partial charge in [0.05, 0.1) is 5.02 Å². The van der Waals surface area contributed by atoms with Crippen LogP contribution in [-0.2, 0) is 4.79 Å². The van der Waals surface area contributed by atoms with Crippen molar-refractivity contribution in [3.8, 4) is 5.75 Å². The number of amides is 1. The Labute approximate surface area is 160 Å². The van der Waals surface area contributed by atoms with E-state index in [9.17, 15) is 4.79 Å². The van der Waals surface area contributed by atoms with E-state index in [1.807, 2.05) is 30.3 Å². The van der Waals surface area contributed by atoms with Gasteiger partial charge in [0, 0.05) is 6.08 Å². The minimum absolute atomic E-state index is 0.294. The monoisotopic (exact) mass is 403 g/mol. The Morgan fingerprint density at radius 1 is 1.04 bits per heavy atom. The number of ether oxygens (including phenoxy) is 1. The van der Waals surface area contributed by atoms with Crippen molar-refractivity contribution in [1.82, 2.24) is 5.32 Å². The van der Waals surface area contributed by atoms with Gasteiger partial charge in [-0.3, -0.25) is 4.79 Å². The lowest BCUT2D eigenvalue weighted by Crippen LogP contribution is -2.47. The summed E-state index contributed by atoms with van der Waals surface area (Å²) in [6.07, 6.45) is 1.75. The summed E-state index contributed by atoms with van der Waals surface area (Å²) in [5.41, 5.74) is 0.866. The molecule has 3 nitrogen and oxygen atoms in total. The molecule has 1 atom stereocenters. The van der Waals surface area contributed by atoms with E-state index in [-0.39, 0.29) is 0 Å². The quantitative estimate of drug-likeness (QED) is 0.420. The molecule has 2 rings (SSSR count). The first kappa shape index (κ1) is 18.9. The third-order valence-corrected chi connectivity index (χ3v) is 3.79. The van der Waals surface area contributed by atoms with Gasteiger partial charge in [0.1, 0.15) is 5.75 Å². The van der Waals surface area contributed by atoms with E-state index in [0.29, 0.717) is 10.8 Å². The number of hydrogen-bond acceptors (Lipinski definition) is 2. The average molecular weight is 405 g/mol. The fourth-order valence-electron chi connectivity index (χ4n) is 1.76. The molecular weight excluding hydrogens is 392 g/mol. The molecule has 2 aromatic carbocycles. The highest BCUT2D eigenvalue weighted by Crippen LogP contribution is 2.34. The highest BCUT2D eigenvalue weighted by molar-refractivity contribution is 6.68. The molecule has 7 heteroatoms. The molecule has 1 unspecified atom stereocenters. The Balaban J connectivity index is 2.08. The lowest BCUT2D eigenvalue weighted by Gasteiger charge is -2.26. The second kappa shape index (κ2) is 8.63. The number of benzene rings is 2. The van der Waals surface area contributed by atoms with Gasteiger partial charge < -0.3 is 10.1 Å². The van der Waals surface area contributed by atoms with Crippen molar-refractivity contribution in [1.29, 1.82) is 0 Å². The summed E-state index contributed by atoms with van der Waals surface area (Å²) in [7, 11) is 0. The SMILES string of the molecule is O=C(C=Cc1ccccc1)NC(Oc1ccccc1Cl)C(Cl)(Cl)Cl. The third kappa shape index (κ3) is 5.91. The molecule has 24 heavy (non-hydrogen) atoms. The Hall–Kier alpha value is -1.39. The van der Waals surface area contributed by atoms with E-state index in [0.717, 1.165) is 5.56 Å². The third-order valence-electron chi connectivity index (χ3n) is 2.88. The lowest BCUT2D eigenvalue weighted by atomic mass is 10.2. The predicted octanol–water partition coefficient (Wildman–Crippen LogP) is 5.24. The number of hydrogen-bond donors (Lipinski definition) is 1. The maximum Gasteiger partial charge on any atom is 0.246 e. The summed E-state index contributed by atoms with van der Waals surface area (Å²) in [5.74, 6) is -0.176. The molecule has 0 saturated carbocycles. The fraction of sp³-hybridized carbons (Fsp3) is 0.118. The van der Waals surface area contributed by atoms with Gasteiger partial charge in [-0.05, 0) is 23.8 Å². The predicted molar refractivity (Wildman–Crippen MR) is 99.8 cm³/mol. The summed E-state index contributed by atoms with van der Waals surface area (Å²) in [4.78, 5) is 12.1. The molecule has 0 aliphatic heterocycles. The molecular formula is C17H13Cl4NO2. The summed E-state index contributed by atoms with van der Waals surface area (Å²) < 4.78 is 3.66. The molecule has 0 aromatic heterocycles. The van der Waals surface area contributed by atoms with Crippen molar-refractivity contribution >= 4 is 58.4 Å². The van der Waals surface area contributed by atoms with Crippen molar-refractivity contribution in [3.05, 3.63) is 71.3 Å². The molecule has 0 bridgehead atoms. The number of halogens is 4. The first-order valence-electron chi connectivity index (χ1n) is 6.88. The molecule has 0 fully saturated rings. The van der Waals surface area contributed by atoms with E-state index < -0.39 is 15.9 Å². The van der Waals surface area contributed by atoms with Crippen molar-refractivity contribution in [2.75, 3.05) is 0 Å². The normalized spacial score (nSPS) is 12.8. The van der Waals surface area contributed by atoms with Crippen molar-refractivity contribution in [2.45, 2.75) is 10.0 Å². The van der Waals surface area contributed by atoms with Crippen LogP contribution in [0.4, 0.5) is 0 Å². The Kier molecular flexibility index (Phi) is 6.81. The smallest absolute Gasteiger partial charge is 0.246 e. The average Bonchev–Trinajstić information content (AvgIpc) is 2.54. The van der Waals surface area contributed by atoms with Crippen LogP contribution in [0.3, 0.4) is 0 Å². The molecule has 0 heterocycles. The second-order valence-electron chi connectivity index (χ2n) is 4.72. The molecule has 0 saturated heterocycles. The van der Waals surface area contributed by atoms with E-state index in [1.165, 1.54) is 6.08 Å². The maximum absolute atomic E-state index is 12.1. The zero-order valence-electron chi connectivity index (χ0n) is 12.3. The van der Waals surface area contributed by atoms with Crippen LogP contribution in [0.2, 0.25) is 5.02 Å². The van der Waals surface area contributed by atoms with Crippen LogP contribution in [0.25, 0.3) is 6.08 Å². The van der Waals surface area contributed by atoms with Crippen molar-refractivity contribution < 1.29 is 9.53 Å². The van der Waals surface area contributed by atoms with Crippen LogP contribution in [0.5, 0.6) is 5.75 Å². The molecule has 0 radical (unpaired) electrons. The Morgan fingerprint density at radius 3 is 2.29 bits per heavy atom. The molecule has 1 N–H and O–H groups in total. The van der Waals surface area contributed by atoms with Crippen LogP contribution in [-0.4, -0.2) is 15.9 Å². The Morgan fingerprint density at radius 2 is 1.67 bits per heavy atom. The largest absolute Gasteiger partial charge is 0.464 e. The lowest BCUT2D eigenvalue weighted by molar-refractivity contribution is -0.118. The molecule has 0 aliphatic rings. The van der Waals surface area contributed by atoms with E-state index in [2.05, 4.69) is 5.32 Å². The van der Waals surface area contributed by atoms with Gasteiger partial charge in [-0.2, -0.15) is 0 Å².